The average Bonchev–Trinajstić information content (AvgIpc) is 2.68. The minimum absolute atomic E-state index is 0.132. The number of carbonyl (C=O) groups excluding carboxylic acids is 1. The Labute approximate surface area is 173 Å². The van der Waals surface area contributed by atoms with Crippen molar-refractivity contribution in [3.63, 3.8) is 0 Å². The number of rotatable bonds is 5. The Bertz CT molecular complexity index is 823. The number of morpholine rings is 2. The predicted octanol–water partition coefficient (Wildman–Crippen LogP) is 1.92. The fraction of sp³-hybridized carbons (Fsp3) is 0.650. The summed E-state index contributed by atoms with van der Waals surface area (Å²) in [5.74, 6) is -0.132. The number of hydrogen-bond donors (Lipinski definition) is 1. The molecule has 0 aromatic heterocycles. The first kappa shape index (κ1) is 22.0. The molecule has 0 radical (unpaired) electrons. The normalized spacial score (nSPS) is 19.2. The fourth-order valence-electron chi connectivity index (χ4n) is 3.47. The van der Waals surface area contributed by atoms with Crippen molar-refractivity contribution < 1.29 is 22.7 Å². The van der Waals surface area contributed by atoms with Crippen LogP contribution in [0.2, 0.25) is 0 Å². The van der Waals surface area contributed by atoms with E-state index in [0.29, 0.717) is 64.7 Å². The molecule has 0 bridgehead atoms. The van der Waals surface area contributed by atoms with Gasteiger partial charge in [0.1, 0.15) is 0 Å². The van der Waals surface area contributed by atoms with Crippen LogP contribution in [0.5, 0.6) is 0 Å². The van der Waals surface area contributed by atoms with E-state index in [1.165, 1.54) is 4.31 Å². The summed E-state index contributed by atoms with van der Waals surface area (Å²) in [7, 11) is -3.64. The zero-order valence-electron chi connectivity index (χ0n) is 17.4. The molecule has 3 rings (SSSR count). The highest BCUT2D eigenvalue weighted by atomic mass is 32.2. The maximum Gasteiger partial charge on any atom is 0.243 e. The van der Waals surface area contributed by atoms with Crippen LogP contribution < -0.4 is 10.2 Å². The van der Waals surface area contributed by atoms with Crippen molar-refractivity contribution in [2.45, 2.75) is 32.1 Å². The molecule has 2 aliphatic rings. The summed E-state index contributed by atoms with van der Waals surface area (Å²) >= 11 is 0. The summed E-state index contributed by atoms with van der Waals surface area (Å²) in [6.45, 7) is 10.0. The lowest BCUT2D eigenvalue weighted by atomic mass is 9.92. The van der Waals surface area contributed by atoms with E-state index in [-0.39, 0.29) is 16.2 Å². The van der Waals surface area contributed by atoms with Crippen LogP contribution >= 0.6 is 0 Å². The minimum Gasteiger partial charge on any atom is -0.379 e. The molecule has 0 spiro atoms. The number of carbonyl (C=O) groups is 1. The van der Waals surface area contributed by atoms with Gasteiger partial charge < -0.3 is 19.7 Å². The van der Waals surface area contributed by atoms with Crippen LogP contribution in [0.3, 0.4) is 0 Å². The molecule has 2 saturated heterocycles. The molecular weight excluding hydrogens is 394 g/mol. The van der Waals surface area contributed by atoms with E-state index in [2.05, 4.69) is 10.2 Å². The van der Waals surface area contributed by atoms with E-state index >= 15 is 0 Å². The summed E-state index contributed by atoms with van der Waals surface area (Å²) in [6.07, 6.45) is 0.343. The van der Waals surface area contributed by atoms with Crippen LogP contribution in [-0.4, -0.2) is 71.2 Å². The van der Waals surface area contributed by atoms with Crippen LogP contribution in [0.1, 0.15) is 27.2 Å². The highest BCUT2D eigenvalue weighted by molar-refractivity contribution is 7.89. The van der Waals surface area contributed by atoms with E-state index in [0.717, 1.165) is 5.69 Å². The molecule has 1 aromatic carbocycles. The molecular formula is C20H31N3O5S. The molecule has 0 aliphatic carbocycles. The molecule has 162 valence electrons. The van der Waals surface area contributed by atoms with Crippen LogP contribution in [-0.2, 0) is 24.3 Å². The van der Waals surface area contributed by atoms with Gasteiger partial charge in [0.2, 0.25) is 15.9 Å². The molecule has 2 fully saturated rings. The zero-order valence-corrected chi connectivity index (χ0v) is 18.3. The summed E-state index contributed by atoms with van der Waals surface area (Å²) in [5.41, 5.74) is 1.17. The SMILES string of the molecule is CC(C)(C)CC(=O)Nc1cc(S(=O)(=O)N2CCOCC2)ccc1N1CCOCC1. The van der Waals surface area contributed by atoms with E-state index in [4.69, 9.17) is 9.47 Å². The van der Waals surface area contributed by atoms with Crippen molar-refractivity contribution in [3.05, 3.63) is 18.2 Å². The molecule has 8 nitrogen and oxygen atoms in total. The van der Waals surface area contributed by atoms with Gasteiger partial charge in [-0.2, -0.15) is 4.31 Å². The van der Waals surface area contributed by atoms with Crippen LogP contribution in [0, 0.1) is 5.41 Å². The van der Waals surface area contributed by atoms with Gasteiger partial charge in [-0.05, 0) is 23.6 Å². The molecule has 0 saturated carbocycles. The third-order valence-corrected chi connectivity index (χ3v) is 6.79. The largest absolute Gasteiger partial charge is 0.379 e. The second-order valence-electron chi connectivity index (χ2n) is 8.58. The third-order valence-electron chi connectivity index (χ3n) is 4.89. The van der Waals surface area contributed by atoms with E-state index < -0.39 is 10.0 Å². The summed E-state index contributed by atoms with van der Waals surface area (Å²) < 4.78 is 38.3. The minimum atomic E-state index is -3.64. The molecule has 0 atom stereocenters. The topological polar surface area (TPSA) is 88.2 Å². The van der Waals surface area contributed by atoms with Crippen molar-refractivity contribution in [3.8, 4) is 0 Å². The van der Waals surface area contributed by atoms with Crippen molar-refractivity contribution in [2.24, 2.45) is 5.41 Å². The smallest absolute Gasteiger partial charge is 0.243 e. The lowest BCUT2D eigenvalue weighted by molar-refractivity contribution is -0.117. The highest BCUT2D eigenvalue weighted by Crippen LogP contribution is 2.32. The van der Waals surface area contributed by atoms with Gasteiger partial charge in [-0.1, -0.05) is 20.8 Å². The summed E-state index contributed by atoms with van der Waals surface area (Å²) in [4.78, 5) is 14.9. The maximum atomic E-state index is 13.1. The van der Waals surface area contributed by atoms with Gasteiger partial charge in [0.05, 0.1) is 42.7 Å². The van der Waals surface area contributed by atoms with Crippen LogP contribution in [0.15, 0.2) is 23.1 Å². The molecule has 29 heavy (non-hydrogen) atoms. The molecule has 1 aromatic rings. The van der Waals surface area contributed by atoms with Gasteiger partial charge in [-0.15, -0.1) is 0 Å². The van der Waals surface area contributed by atoms with Crippen molar-refractivity contribution in [1.29, 1.82) is 0 Å². The first-order chi connectivity index (χ1) is 13.7. The molecule has 1 N–H and O–H groups in total. The fourth-order valence-corrected chi connectivity index (χ4v) is 4.90. The Morgan fingerprint density at radius 1 is 1.03 bits per heavy atom. The molecule has 1 amide bonds. The number of anilines is 2. The van der Waals surface area contributed by atoms with Crippen molar-refractivity contribution in [2.75, 3.05) is 62.8 Å². The third kappa shape index (κ3) is 5.69. The second kappa shape index (κ2) is 8.99. The number of sulfonamides is 1. The maximum absolute atomic E-state index is 13.1. The van der Waals surface area contributed by atoms with Crippen molar-refractivity contribution >= 4 is 27.3 Å². The van der Waals surface area contributed by atoms with Gasteiger partial charge in [0, 0.05) is 32.6 Å². The summed E-state index contributed by atoms with van der Waals surface area (Å²) in [5, 5.41) is 2.95. The number of hydrogen-bond acceptors (Lipinski definition) is 6. The zero-order chi connectivity index (χ0) is 21.1. The Balaban J connectivity index is 1.92. The van der Waals surface area contributed by atoms with E-state index in [1.807, 2.05) is 20.8 Å². The monoisotopic (exact) mass is 425 g/mol. The average molecular weight is 426 g/mol. The van der Waals surface area contributed by atoms with Gasteiger partial charge >= 0.3 is 0 Å². The van der Waals surface area contributed by atoms with Crippen molar-refractivity contribution in [1.82, 2.24) is 4.31 Å². The van der Waals surface area contributed by atoms with Gasteiger partial charge in [-0.25, -0.2) is 8.42 Å². The quantitative estimate of drug-likeness (QED) is 0.775. The first-order valence-corrected chi connectivity index (χ1v) is 11.5. The Morgan fingerprint density at radius 3 is 2.21 bits per heavy atom. The van der Waals surface area contributed by atoms with E-state index in [1.54, 1.807) is 18.2 Å². The highest BCUT2D eigenvalue weighted by Gasteiger charge is 2.28. The number of amides is 1. The number of nitrogens with zero attached hydrogens (tertiary/aromatic N) is 2. The number of nitrogens with one attached hydrogen (secondary N) is 1. The Morgan fingerprint density at radius 2 is 1.62 bits per heavy atom. The standard InChI is InChI=1S/C20H31N3O5S/c1-20(2,3)15-19(24)21-17-14-16(29(25,26)23-8-12-28-13-9-23)4-5-18(17)22-6-10-27-11-7-22/h4-5,14H,6-13,15H2,1-3H3,(H,21,24). The van der Waals surface area contributed by atoms with Gasteiger partial charge in [0.15, 0.2) is 0 Å². The Hall–Kier alpha value is -1.68. The van der Waals surface area contributed by atoms with E-state index in [9.17, 15) is 13.2 Å². The summed E-state index contributed by atoms with van der Waals surface area (Å²) in [6, 6.07) is 4.98. The lowest BCUT2D eigenvalue weighted by Gasteiger charge is -2.31. The second-order valence-corrected chi connectivity index (χ2v) is 10.5. The van der Waals surface area contributed by atoms with Gasteiger partial charge in [-0.3, -0.25) is 4.79 Å². The number of ether oxygens (including phenoxy) is 2. The first-order valence-electron chi connectivity index (χ1n) is 10.0. The molecule has 2 aliphatic heterocycles. The predicted molar refractivity (Wildman–Crippen MR) is 112 cm³/mol. The molecule has 9 heteroatoms. The van der Waals surface area contributed by atoms with Crippen LogP contribution in [0.25, 0.3) is 0 Å². The molecule has 0 unspecified atom stereocenters. The van der Waals surface area contributed by atoms with Crippen LogP contribution in [0.4, 0.5) is 11.4 Å². The Kier molecular flexibility index (Phi) is 6.83. The number of benzene rings is 1. The van der Waals surface area contributed by atoms with Gasteiger partial charge in [0.25, 0.3) is 0 Å². The molecule has 2 heterocycles. The lowest BCUT2D eigenvalue weighted by Crippen LogP contribution is -2.40.